The molecule has 2 N–H and O–H groups in total. The number of halogens is 1. The van der Waals surface area contributed by atoms with Gasteiger partial charge in [0.15, 0.2) is 0 Å². The van der Waals surface area contributed by atoms with Gasteiger partial charge in [-0.2, -0.15) is 0 Å². The van der Waals surface area contributed by atoms with E-state index in [1.54, 1.807) is 0 Å². The zero-order chi connectivity index (χ0) is 7.28. The zero-order valence-corrected chi connectivity index (χ0v) is 5.56. The maximum absolute atomic E-state index is 9.86. The Labute approximate surface area is 58.3 Å². The van der Waals surface area contributed by atoms with Crippen LogP contribution in [0.15, 0.2) is 12.7 Å². The van der Waals surface area contributed by atoms with E-state index in [2.05, 4.69) is 11.9 Å². The minimum Gasteiger partial charge on any atom is -0.480 e. The standard InChI is InChI=1S/C5H8ClNO2/c1-2-4(6)7-3-5(8)9/h2,4,7H,1,3H2,(H,8,9). The highest BCUT2D eigenvalue weighted by molar-refractivity contribution is 6.21. The second kappa shape index (κ2) is 4.35. The number of hydrogen-bond acceptors (Lipinski definition) is 2. The van der Waals surface area contributed by atoms with Gasteiger partial charge in [-0.15, -0.1) is 18.2 Å². The molecule has 0 aromatic heterocycles. The first-order chi connectivity index (χ1) is 4.16. The first kappa shape index (κ1) is 8.46. The lowest BCUT2D eigenvalue weighted by atomic mass is 10.5. The molecular formula is C5H8ClNO2. The number of nitrogens with one attached hydrogen (secondary N) is 1. The molecule has 0 aromatic carbocycles. The summed E-state index contributed by atoms with van der Waals surface area (Å²) >= 11 is 5.42. The number of carbonyl (C=O) groups is 1. The van der Waals surface area contributed by atoms with Gasteiger partial charge in [0.1, 0.15) is 5.50 Å². The summed E-state index contributed by atoms with van der Waals surface area (Å²) in [6, 6.07) is 0. The van der Waals surface area contributed by atoms with Crippen LogP contribution < -0.4 is 5.32 Å². The molecule has 9 heavy (non-hydrogen) atoms. The molecule has 1 unspecified atom stereocenters. The van der Waals surface area contributed by atoms with Crippen LogP contribution in [-0.2, 0) is 4.79 Å². The molecular weight excluding hydrogens is 142 g/mol. The summed E-state index contributed by atoms with van der Waals surface area (Å²) in [5, 5.41) is 10.6. The molecule has 0 saturated carbocycles. The number of aliphatic carboxylic acids is 1. The van der Waals surface area contributed by atoms with E-state index in [0.29, 0.717) is 0 Å². The van der Waals surface area contributed by atoms with Crippen LogP contribution in [-0.4, -0.2) is 23.1 Å². The number of rotatable bonds is 4. The molecule has 0 aliphatic carbocycles. The van der Waals surface area contributed by atoms with Crippen molar-refractivity contribution in [3.8, 4) is 0 Å². The Hall–Kier alpha value is -0.540. The third-order valence-corrected chi connectivity index (χ3v) is 0.988. The van der Waals surface area contributed by atoms with Gasteiger partial charge in [-0.25, -0.2) is 0 Å². The SMILES string of the molecule is C=CC(Cl)NCC(=O)O. The highest BCUT2D eigenvalue weighted by Gasteiger charge is 1.99. The van der Waals surface area contributed by atoms with Crippen molar-refractivity contribution in [2.75, 3.05) is 6.54 Å². The maximum atomic E-state index is 9.86. The lowest BCUT2D eigenvalue weighted by Crippen LogP contribution is -2.27. The molecule has 0 saturated heterocycles. The van der Waals surface area contributed by atoms with Gasteiger partial charge in [0.2, 0.25) is 0 Å². The van der Waals surface area contributed by atoms with Crippen LogP contribution >= 0.6 is 11.6 Å². The van der Waals surface area contributed by atoms with E-state index in [1.165, 1.54) is 6.08 Å². The number of carboxylic acid groups (broad SMARTS) is 1. The molecule has 1 atom stereocenters. The average Bonchev–Trinajstić information content (AvgIpc) is 1.83. The molecule has 0 spiro atoms. The van der Waals surface area contributed by atoms with Crippen molar-refractivity contribution < 1.29 is 9.90 Å². The summed E-state index contributed by atoms with van der Waals surface area (Å²) in [7, 11) is 0. The van der Waals surface area contributed by atoms with Crippen molar-refractivity contribution in [2.24, 2.45) is 0 Å². The van der Waals surface area contributed by atoms with Gasteiger partial charge >= 0.3 is 5.97 Å². The smallest absolute Gasteiger partial charge is 0.317 e. The fourth-order valence-electron chi connectivity index (χ4n) is 0.268. The Kier molecular flexibility index (Phi) is 4.09. The molecule has 4 heteroatoms. The Morgan fingerprint density at radius 1 is 2.00 bits per heavy atom. The minimum absolute atomic E-state index is 0.139. The van der Waals surface area contributed by atoms with Gasteiger partial charge in [-0.05, 0) is 0 Å². The minimum atomic E-state index is -0.928. The van der Waals surface area contributed by atoms with Gasteiger partial charge in [0.05, 0.1) is 6.54 Å². The normalized spacial score (nSPS) is 12.6. The highest BCUT2D eigenvalue weighted by atomic mass is 35.5. The largest absolute Gasteiger partial charge is 0.480 e. The summed E-state index contributed by atoms with van der Waals surface area (Å²) in [6.07, 6.45) is 1.42. The van der Waals surface area contributed by atoms with Gasteiger partial charge in [-0.1, -0.05) is 6.08 Å². The van der Waals surface area contributed by atoms with Crippen LogP contribution in [0.4, 0.5) is 0 Å². The summed E-state index contributed by atoms with van der Waals surface area (Å²) in [5.41, 5.74) is -0.457. The van der Waals surface area contributed by atoms with Gasteiger partial charge < -0.3 is 5.11 Å². The molecule has 3 nitrogen and oxygen atoms in total. The second-order valence-corrected chi connectivity index (χ2v) is 1.88. The van der Waals surface area contributed by atoms with Crippen molar-refractivity contribution in [2.45, 2.75) is 5.50 Å². The van der Waals surface area contributed by atoms with E-state index in [-0.39, 0.29) is 6.54 Å². The molecule has 52 valence electrons. The van der Waals surface area contributed by atoms with Crippen molar-refractivity contribution >= 4 is 17.6 Å². The third kappa shape index (κ3) is 5.33. The molecule has 0 rings (SSSR count). The third-order valence-electron chi connectivity index (χ3n) is 0.655. The van der Waals surface area contributed by atoms with E-state index in [4.69, 9.17) is 16.7 Å². The summed E-state index contributed by atoms with van der Waals surface area (Å²) < 4.78 is 0. The van der Waals surface area contributed by atoms with Crippen LogP contribution in [0, 0.1) is 0 Å². The Morgan fingerprint density at radius 2 is 2.56 bits per heavy atom. The summed E-state index contributed by atoms with van der Waals surface area (Å²) in [5.74, 6) is -0.928. The Balaban J connectivity index is 3.26. The van der Waals surface area contributed by atoms with Gasteiger partial charge in [0.25, 0.3) is 0 Å². The van der Waals surface area contributed by atoms with Crippen LogP contribution in [0.2, 0.25) is 0 Å². The van der Waals surface area contributed by atoms with E-state index in [0.717, 1.165) is 0 Å². The van der Waals surface area contributed by atoms with Crippen molar-refractivity contribution in [1.29, 1.82) is 0 Å². The molecule has 0 fully saturated rings. The van der Waals surface area contributed by atoms with Crippen molar-refractivity contribution in [3.05, 3.63) is 12.7 Å². The number of carboxylic acids is 1. The van der Waals surface area contributed by atoms with Gasteiger partial charge in [0, 0.05) is 0 Å². The van der Waals surface area contributed by atoms with E-state index < -0.39 is 11.5 Å². The van der Waals surface area contributed by atoms with Crippen LogP contribution in [0.1, 0.15) is 0 Å². The molecule has 0 aliphatic heterocycles. The Morgan fingerprint density at radius 3 is 2.89 bits per heavy atom. The average molecular weight is 150 g/mol. The summed E-state index contributed by atoms with van der Waals surface area (Å²) in [4.78, 5) is 9.86. The quantitative estimate of drug-likeness (QED) is 0.346. The fourth-order valence-corrected chi connectivity index (χ4v) is 0.345. The van der Waals surface area contributed by atoms with E-state index in [9.17, 15) is 4.79 Å². The number of alkyl halides is 1. The van der Waals surface area contributed by atoms with Crippen LogP contribution in [0.25, 0.3) is 0 Å². The fraction of sp³-hybridized carbons (Fsp3) is 0.400. The van der Waals surface area contributed by atoms with E-state index >= 15 is 0 Å². The first-order valence-corrected chi connectivity index (χ1v) is 2.82. The maximum Gasteiger partial charge on any atom is 0.317 e. The molecule has 0 heterocycles. The lowest BCUT2D eigenvalue weighted by Gasteiger charge is -2.01. The molecule has 0 amide bonds. The Bertz CT molecular complexity index is 116. The topological polar surface area (TPSA) is 49.3 Å². The first-order valence-electron chi connectivity index (χ1n) is 2.38. The number of hydrogen-bond donors (Lipinski definition) is 2. The highest BCUT2D eigenvalue weighted by Crippen LogP contribution is 1.88. The van der Waals surface area contributed by atoms with E-state index in [1.807, 2.05) is 0 Å². The van der Waals surface area contributed by atoms with Crippen LogP contribution in [0.3, 0.4) is 0 Å². The molecule has 0 radical (unpaired) electrons. The lowest BCUT2D eigenvalue weighted by molar-refractivity contribution is -0.135. The predicted molar refractivity (Wildman–Crippen MR) is 35.5 cm³/mol. The zero-order valence-electron chi connectivity index (χ0n) is 4.80. The summed E-state index contributed by atoms with van der Waals surface area (Å²) in [6.45, 7) is 3.21. The molecule has 0 bridgehead atoms. The second-order valence-electron chi connectivity index (χ2n) is 1.41. The monoisotopic (exact) mass is 149 g/mol. The van der Waals surface area contributed by atoms with Gasteiger partial charge in [-0.3, -0.25) is 10.1 Å². The van der Waals surface area contributed by atoms with Crippen LogP contribution in [0.5, 0.6) is 0 Å². The predicted octanol–water partition coefficient (Wildman–Crippen LogP) is 0.411. The van der Waals surface area contributed by atoms with Crippen molar-refractivity contribution in [3.63, 3.8) is 0 Å². The van der Waals surface area contributed by atoms with Crippen molar-refractivity contribution in [1.82, 2.24) is 5.32 Å². The molecule has 0 aliphatic rings. The molecule has 0 aromatic rings.